The molecule has 2 aromatic carbocycles. The van der Waals surface area contributed by atoms with Gasteiger partial charge in [0.2, 0.25) is 0 Å². The second-order valence-corrected chi connectivity index (χ2v) is 6.59. The van der Waals surface area contributed by atoms with E-state index in [-0.39, 0.29) is 11.3 Å². The van der Waals surface area contributed by atoms with Crippen LogP contribution in [0.25, 0.3) is 10.4 Å². The van der Waals surface area contributed by atoms with Gasteiger partial charge in [0.25, 0.3) is 5.91 Å². The maximum Gasteiger partial charge on any atom is 0.251 e. The number of benzene rings is 2. The number of nitrogens with zero attached hydrogens (tertiary/aromatic N) is 3. The molecule has 6 nitrogen and oxygen atoms in total. The Kier molecular flexibility index (Phi) is 6.03. The number of hydrogen-bond donors (Lipinski definition) is 1. The van der Waals surface area contributed by atoms with Crippen molar-refractivity contribution in [2.24, 2.45) is 5.11 Å². The molecule has 0 atom stereocenters. The smallest absolute Gasteiger partial charge is 0.251 e. The van der Waals surface area contributed by atoms with Crippen LogP contribution < -0.4 is 10.1 Å². The van der Waals surface area contributed by atoms with Crippen LogP contribution in [0.3, 0.4) is 0 Å². The van der Waals surface area contributed by atoms with E-state index in [2.05, 4.69) is 36.1 Å². The van der Waals surface area contributed by atoms with Crippen molar-refractivity contribution >= 4 is 11.6 Å². The van der Waals surface area contributed by atoms with Gasteiger partial charge in [0, 0.05) is 10.5 Å². The molecule has 0 unspecified atom stereocenters. The Bertz CT molecular complexity index is 773. The summed E-state index contributed by atoms with van der Waals surface area (Å²) in [5.74, 6) is 0.464. The fraction of sp³-hybridized carbons (Fsp3) is 0.316. The first-order valence-corrected chi connectivity index (χ1v) is 8.07. The van der Waals surface area contributed by atoms with Crippen LogP contribution in [-0.4, -0.2) is 19.1 Å². The van der Waals surface area contributed by atoms with Crippen LogP contribution in [0.15, 0.2) is 53.6 Å². The molecule has 0 fully saturated rings. The van der Waals surface area contributed by atoms with E-state index in [1.54, 1.807) is 24.3 Å². The van der Waals surface area contributed by atoms with E-state index in [0.29, 0.717) is 24.4 Å². The summed E-state index contributed by atoms with van der Waals surface area (Å²) in [4.78, 5) is 14.9. The van der Waals surface area contributed by atoms with Crippen molar-refractivity contribution in [3.63, 3.8) is 0 Å². The maximum absolute atomic E-state index is 12.2. The summed E-state index contributed by atoms with van der Waals surface area (Å²) < 4.78 is 5.64. The predicted octanol–water partition coefficient (Wildman–Crippen LogP) is 4.73. The van der Waals surface area contributed by atoms with E-state index in [1.807, 2.05) is 24.3 Å². The van der Waals surface area contributed by atoms with Gasteiger partial charge in [-0.1, -0.05) is 56.2 Å². The summed E-state index contributed by atoms with van der Waals surface area (Å²) in [5, 5.41) is 6.28. The van der Waals surface area contributed by atoms with Crippen molar-refractivity contribution < 1.29 is 9.53 Å². The number of hydrogen-bond acceptors (Lipinski definition) is 3. The fourth-order valence-electron chi connectivity index (χ4n) is 2.28. The minimum absolute atomic E-state index is 0.103. The van der Waals surface area contributed by atoms with Gasteiger partial charge in [-0.05, 0) is 34.7 Å². The number of azide groups is 1. The highest BCUT2D eigenvalue weighted by Crippen LogP contribution is 2.24. The first kappa shape index (κ1) is 18.4. The standard InChI is InChI=1S/C19H22N4O2/c1-19(2,3)14-8-10-15(11-9-14)25-13-12-21-18(24)16-6-4-5-7-17(16)22-23-20/h4-11H,12-13H2,1-3H3,(H,21,24). The number of ether oxygens (including phenoxy) is 1. The minimum atomic E-state index is -0.297. The lowest BCUT2D eigenvalue weighted by molar-refractivity contribution is 0.0947. The zero-order valence-corrected chi connectivity index (χ0v) is 14.7. The average molecular weight is 338 g/mol. The largest absolute Gasteiger partial charge is 0.492 e. The van der Waals surface area contributed by atoms with Gasteiger partial charge in [-0.15, -0.1) is 0 Å². The number of carbonyl (C=O) groups excluding carboxylic acids is 1. The molecule has 0 heterocycles. The van der Waals surface area contributed by atoms with Gasteiger partial charge in [-0.2, -0.15) is 0 Å². The molecule has 0 saturated heterocycles. The molecule has 1 N–H and O–H groups in total. The van der Waals surface area contributed by atoms with Crippen molar-refractivity contribution in [1.29, 1.82) is 0 Å². The molecule has 0 spiro atoms. The summed E-state index contributed by atoms with van der Waals surface area (Å²) in [6, 6.07) is 14.6. The maximum atomic E-state index is 12.2. The Hall–Kier alpha value is -2.98. The first-order valence-electron chi connectivity index (χ1n) is 8.07. The molecule has 1 amide bonds. The highest BCUT2D eigenvalue weighted by Gasteiger charge is 2.13. The van der Waals surface area contributed by atoms with Crippen molar-refractivity contribution in [3.8, 4) is 5.75 Å². The fourth-order valence-corrected chi connectivity index (χ4v) is 2.28. The van der Waals surface area contributed by atoms with Gasteiger partial charge in [0.15, 0.2) is 0 Å². The average Bonchev–Trinajstić information content (AvgIpc) is 2.59. The second kappa shape index (κ2) is 8.22. The van der Waals surface area contributed by atoms with E-state index in [4.69, 9.17) is 10.3 Å². The minimum Gasteiger partial charge on any atom is -0.492 e. The quantitative estimate of drug-likeness (QED) is 0.357. The van der Waals surface area contributed by atoms with Crippen LogP contribution in [0, 0.1) is 0 Å². The zero-order valence-electron chi connectivity index (χ0n) is 14.7. The summed E-state index contributed by atoms with van der Waals surface area (Å²) in [6.45, 7) is 7.18. The summed E-state index contributed by atoms with van der Waals surface area (Å²) >= 11 is 0. The summed E-state index contributed by atoms with van der Waals surface area (Å²) in [6.07, 6.45) is 0. The summed E-state index contributed by atoms with van der Waals surface area (Å²) in [7, 11) is 0. The molecule has 0 aliphatic heterocycles. The normalized spacial score (nSPS) is 10.7. The molecule has 130 valence electrons. The van der Waals surface area contributed by atoms with Gasteiger partial charge in [-0.3, -0.25) is 4.79 Å². The van der Waals surface area contributed by atoms with E-state index < -0.39 is 0 Å². The van der Waals surface area contributed by atoms with Gasteiger partial charge < -0.3 is 10.1 Å². The van der Waals surface area contributed by atoms with Crippen LogP contribution >= 0.6 is 0 Å². The van der Waals surface area contributed by atoms with Crippen LogP contribution in [0.1, 0.15) is 36.7 Å². The Balaban J connectivity index is 1.85. The van der Waals surface area contributed by atoms with Crippen LogP contribution in [0.2, 0.25) is 0 Å². The summed E-state index contributed by atoms with van der Waals surface area (Å²) in [5.41, 5.74) is 10.5. The van der Waals surface area contributed by atoms with E-state index in [0.717, 1.165) is 5.75 Å². The Labute approximate surface area is 147 Å². The molecule has 6 heteroatoms. The van der Waals surface area contributed by atoms with Crippen molar-refractivity contribution in [2.45, 2.75) is 26.2 Å². The van der Waals surface area contributed by atoms with Gasteiger partial charge in [0.1, 0.15) is 12.4 Å². The van der Waals surface area contributed by atoms with Crippen LogP contribution in [-0.2, 0) is 5.41 Å². The highest BCUT2D eigenvalue weighted by molar-refractivity contribution is 5.98. The number of nitrogens with one attached hydrogen (secondary N) is 1. The Morgan fingerprint density at radius 2 is 1.84 bits per heavy atom. The van der Waals surface area contributed by atoms with E-state index in [1.165, 1.54) is 5.56 Å². The van der Waals surface area contributed by atoms with E-state index in [9.17, 15) is 4.79 Å². The van der Waals surface area contributed by atoms with Gasteiger partial charge >= 0.3 is 0 Å². The van der Waals surface area contributed by atoms with Crippen molar-refractivity contribution in [2.75, 3.05) is 13.2 Å². The molecular weight excluding hydrogens is 316 g/mol. The SMILES string of the molecule is CC(C)(C)c1ccc(OCCNC(=O)c2ccccc2N=[N+]=[N-])cc1. The lowest BCUT2D eigenvalue weighted by Crippen LogP contribution is -2.28. The molecule has 0 bridgehead atoms. The number of carbonyl (C=O) groups is 1. The molecule has 0 aliphatic carbocycles. The Morgan fingerprint density at radius 3 is 2.48 bits per heavy atom. The van der Waals surface area contributed by atoms with Crippen molar-refractivity contribution in [3.05, 3.63) is 70.1 Å². The monoisotopic (exact) mass is 338 g/mol. The molecule has 25 heavy (non-hydrogen) atoms. The third-order valence-corrected chi connectivity index (χ3v) is 3.68. The number of amides is 1. The van der Waals surface area contributed by atoms with Gasteiger partial charge in [0.05, 0.1) is 12.2 Å². The molecule has 0 saturated carbocycles. The van der Waals surface area contributed by atoms with Crippen molar-refractivity contribution in [1.82, 2.24) is 5.32 Å². The zero-order chi connectivity index (χ0) is 18.3. The van der Waals surface area contributed by atoms with E-state index >= 15 is 0 Å². The lowest BCUT2D eigenvalue weighted by Gasteiger charge is -2.19. The molecule has 2 aromatic rings. The number of rotatable bonds is 6. The molecular formula is C19H22N4O2. The molecule has 0 aromatic heterocycles. The van der Waals surface area contributed by atoms with Crippen LogP contribution in [0.5, 0.6) is 5.75 Å². The first-order chi connectivity index (χ1) is 11.9. The second-order valence-electron chi connectivity index (χ2n) is 6.59. The third kappa shape index (κ3) is 5.26. The predicted molar refractivity (Wildman–Crippen MR) is 98.2 cm³/mol. The molecule has 0 aliphatic rings. The Morgan fingerprint density at radius 1 is 1.16 bits per heavy atom. The highest BCUT2D eigenvalue weighted by atomic mass is 16.5. The van der Waals surface area contributed by atoms with Gasteiger partial charge in [-0.25, -0.2) is 0 Å². The topological polar surface area (TPSA) is 87.1 Å². The molecule has 2 rings (SSSR count). The van der Waals surface area contributed by atoms with Crippen LogP contribution in [0.4, 0.5) is 5.69 Å². The molecule has 0 radical (unpaired) electrons. The third-order valence-electron chi connectivity index (χ3n) is 3.68. The lowest BCUT2D eigenvalue weighted by atomic mass is 9.87.